The van der Waals surface area contributed by atoms with E-state index in [2.05, 4.69) is 56.2 Å². The van der Waals surface area contributed by atoms with Crippen molar-refractivity contribution in [2.45, 2.75) is 95.3 Å². The molecule has 4 fully saturated rings. The van der Waals surface area contributed by atoms with E-state index in [9.17, 15) is 14.7 Å². The van der Waals surface area contributed by atoms with E-state index in [4.69, 9.17) is 9.47 Å². The van der Waals surface area contributed by atoms with Crippen LogP contribution in [0.1, 0.15) is 87.3 Å². The molecule has 7 rings (SSSR count). The summed E-state index contributed by atoms with van der Waals surface area (Å²) >= 11 is 0. The third-order valence-electron chi connectivity index (χ3n) is 10.7. The summed E-state index contributed by atoms with van der Waals surface area (Å²) in [4.78, 5) is 34.9. The number of anilines is 1. The van der Waals surface area contributed by atoms with Crippen molar-refractivity contribution in [1.29, 1.82) is 0 Å². The molecule has 3 saturated carbocycles. The first-order valence-corrected chi connectivity index (χ1v) is 17.4. The zero-order valence-corrected chi connectivity index (χ0v) is 27.6. The molecule has 1 aromatic carbocycles. The average molecular weight is 642 g/mol. The molecule has 10 heteroatoms. The molecule has 4 aliphatic rings. The number of aromatic nitrogens is 3. The van der Waals surface area contributed by atoms with E-state index in [1.807, 2.05) is 19.3 Å². The van der Waals surface area contributed by atoms with Gasteiger partial charge in [0.1, 0.15) is 6.10 Å². The number of carbonyl (C=O) groups is 2. The highest BCUT2D eigenvalue weighted by Gasteiger charge is 2.36. The number of methoxy groups -OCH3 is 1. The van der Waals surface area contributed by atoms with Gasteiger partial charge in [0.2, 0.25) is 11.8 Å². The minimum atomic E-state index is -0.450. The summed E-state index contributed by atoms with van der Waals surface area (Å²) in [6.45, 7) is 3.41. The number of hydrogen-bond donors (Lipinski definition) is 1. The van der Waals surface area contributed by atoms with Crippen LogP contribution in [-0.4, -0.2) is 75.7 Å². The van der Waals surface area contributed by atoms with Gasteiger partial charge in [-0.3, -0.25) is 9.48 Å². The fourth-order valence-corrected chi connectivity index (χ4v) is 7.63. The van der Waals surface area contributed by atoms with E-state index < -0.39 is 6.10 Å². The average Bonchev–Trinajstić information content (AvgIpc) is 3.81. The predicted molar refractivity (Wildman–Crippen MR) is 178 cm³/mol. The standard InChI is InChI=1S/C37H47N5O5/c1-24-16-29(18-38-35(24)46-2)26-8-6-25(7-9-26)20-41(32-5-3-4-28(17-32)30-19-39-42(21-30)31-12-13-31)36(44)27-10-14-34(15-11-27)47-37(45)40-22-33(43)23-40/h3-5,16-19,21,25-27,31,33-34,43H,6-15,20,22-23H2,1-2H3. The monoisotopic (exact) mass is 641 g/mol. The molecule has 250 valence electrons. The maximum atomic E-state index is 14.4. The molecule has 0 radical (unpaired) electrons. The number of β-amino-alcohol motifs (C(OH)–C–C–N with tert-alkyl or cyclic N) is 1. The van der Waals surface area contributed by atoms with Crippen molar-refractivity contribution in [1.82, 2.24) is 19.7 Å². The summed E-state index contributed by atoms with van der Waals surface area (Å²) < 4.78 is 13.2. The Balaban J connectivity index is 1.04. The summed E-state index contributed by atoms with van der Waals surface area (Å²) in [6.07, 6.45) is 14.4. The zero-order valence-electron chi connectivity index (χ0n) is 27.6. The summed E-state index contributed by atoms with van der Waals surface area (Å²) in [5.41, 5.74) is 5.43. The Hall–Kier alpha value is -3.92. The van der Waals surface area contributed by atoms with Crippen LogP contribution >= 0.6 is 0 Å². The number of pyridine rings is 1. The lowest BCUT2D eigenvalue weighted by Gasteiger charge is -2.38. The highest BCUT2D eigenvalue weighted by Crippen LogP contribution is 2.39. The molecule has 3 aliphatic carbocycles. The number of aliphatic hydroxyl groups is 1. The van der Waals surface area contributed by atoms with Crippen molar-refractivity contribution < 1.29 is 24.2 Å². The summed E-state index contributed by atoms with van der Waals surface area (Å²) in [6, 6.07) is 11.1. The van der Waals surface area contributed by atoms with Crippen molar-refractivity contribution in [3.05, 3.63) is 60.0 Å². The zero-order chi connectivity index (χ0) is 32.5. The second-order valence-corrected chi connectivity index (χ2v) is 14.2. The second-order valence-electron chi connectivity index (χ2n) is 14.2. The van der Waals surface area contributed by atoms with Crippen molar-refractivity contribution in [2.24, 2.45) is 11.8 Å². The van der Waals surface area contributed by atoms with Crippen LogP contribution in [0.15, 0.2) is 48.9 Å². The Bertz CT molecular complexity index is 1560. The van der Waals surface area contributed by atoms with E-state index in [0.29, 0.717) is 69.1 Å². The molecule has 47 heavy (non-hydrogen) atoms. The smallest absolute Gasteiger partial charge is 0.410 e. The molecule has 1 N–H and O–H groups in total. The Morgan fingerprint density at radius 2 is 1.72 bits per heavy atom. The van der Waals surface area contributed by atoms with E-state index in [0.717, 1.165) is 48.1 Å². The lowest BCUT2D eigenvalue weighted by atomic mass is 9.78. The van der Waals surface area contributed by atoms with Gasteiger partial charge in [-0.1, -0.05) is 12.1 Å². The molecule has 0 atom stereocenters. The molecule has 2 aromatic heterocycles. The van der Waals surface area contributed by atoms with Gasteiger partial charge < -0.3 is 24.4 Å². The van der Waals surface area contributed by atoms with Gasteiger partial charge in [-0.2, -0.15) is 5.10 Å². The Kier molecular flexibility index (Phi) is 9.21. The second kappa shape index (κ2) is 13.7. The van der Waals surface area contributed by atoms with Crippen LogP contribution in [0, 0.1) is 18.8 Å². The number of likely N-dealkylation sites (tertiary alicyclic amines) is 1. The van der Waals surface area contributed by atoms with E-state index in [1.54, 1.807) is 7.11 Å². The van der Waals surface area contributed by atoms with Crippen molar-refractivity contribution in [2.75, 3.05) is 31.6 Å². The van der Waals surface area contributed by atoms with Crippen LogP contribution in [0.25, 0.3) is 11.1 Å². The largest absolute Gasteiger partial charge is 0.481 e. The molecule has 3 aromatic rings. The maximum absolute atomic E-state index is 14.4. The first-order valence-electron chi connectivity index (χ1n) is 17.4. The highest BCUT2D eigenvalue weighted by molar-refractivity contribution is 5.95. The molecule has 10 nitrogen and oxygen atoms in total. The van der Waals surface area contributed by atoms with Gasteiger partial charge in [0.15, 0.2) is 0 Å². The Morgan fingerprint density at radius 3 is 2.40 bits per heavy atom. The fraction of sp³-hybridized carbons (Fsp3) is 0.568. The van der Waals surface area contributed by atoms with Crippen LogP contribution < -0.4 is 9.64 Å². The quantitative estimate of drug-likeness (QED) is 0.293. The van der Waals surface area contributed by atoms with Gasteiger partial charge in [0.25, 0.3) is 0 Å². The van der Waals surface area contributed by atoms with Gasteiger partial charge in [-0.25, -0.2) is 9.78 Å². The van der Waals surface area contributed by atoms with E-state index >= 15 is 0 Å². The molecule has 1 aliphatic heterocycles. The third kappa shape index (κ3) is 7.17. The molecule has 1 saturated heterocycles. The lowest BCUT2D eigenvalue weighted by molar-refractivity contribution is -0.124. The Morgan fingerprint density at radius 1 is 0.957 bits per heavy atom. The van der Waals surface area contributed by atoms with Gasteiger partial charge >= 0.3 is 6.09 Å². The molecule has 3 heterocycles. The van der Waals surface area contributed by atoms with E-state index in [1.165, 1.54) is 23.3 Å². The minimum Gasteiger partial charge on any atom is -0.481 e. The van der Waals surface area contributed by atoms with Gasteiger partial charge in [-0.05, 0) is 112 Å². The predicted octanol–water partition coefficient (Wildman–Crippen LogP) is 6.28. The van der Waals surface area contributed by atoms with Crippen LogP contribution in [0.4, 0.5) is 10.5 Å². The van der Waals surface area contributed by atoms with Gasteiger partial charge in [0, 0.05) is 41.7 Å². The first-order chi connectivity index (χ1) is 22.8. The van der Waals surface area contributed by atoms with Crippen molar-refractivity contribution in [3.63, 3.8) is 0 Å². The number of rotatable bonds is 9. The number of hydrogen-bond acceptors (Lipinski definition) is 7. The summed E-state index contributed by atoms with van der Waals surface area (Å²) in [7, 11) is 1.66. The van der Waals surface area contributed by atoms with Gasteiger partial charge in [-0.15, -0.1) is 0 Å². The third-order valence-corrected chi connectivity index (χ3v) is 10.7. The minimum absolute atomic E-state index is 0.109. The van der Waals surface area contributed by atoms with Crippen LogP contribution in [0.2, 0.25) is 0 Å². The van der Waals surface area contributed by atoms with Crippen LogP contribution in [0.5, 0.6) is 5.88 Å². The number of carbonyl (C=O) groups excluding carboxylic acids is 2. The van der Waals surface area contributed by atoms with E-state index in [-0.39, 0.29) is 24.0 Å². The SMILES string of the molecule is COc1ncc(C2CCC(CN(C(=O)C3CCC(OC(=O)N4CC(O)C4)CC3)c3cccc(-c4cnn(C5CC5)c4)c3)CC2)cc1C. The molecular formula is C37H47N5O5. The number of ether oxygens (including phenoxy) is 2. The number of amides is 2. The lowest BCUT2D eigenvalue weighted by Crippen LogP contribution is -2.54. The number of aliphatic hydroxyl groups excluding tert-OH is 1. The molecular weight excluding hydrogens is 594 g/mol. The molecule has 2 amide bonds. The highest BCUT2D eigenvalue weighted by atomic mass is 16.6. The molecule has 0 spiro atoms. The normalized spacial score (nSPS) is 24.8. The van der Waals surface area contributed by atoms with Crippen molar-refractivity contribution in [3.8, 4) is 17.0 Å². The number of benzene rings is 1. The summed E-state index contributed by atoms with van der Waals surface area (Å²) in [5.74, 6) is 1.62. The molecule has 0 bridgehead atoms. The Labute approximate surface area is 277 Å². The maximum Gasteiger partial charge on any atom is 0.410 e. The topological polar surface area (TPSA) is 110 Å². The number of nitrogens with zero attached hydrogens (tertiary/aromatic N) is 5. The fourth-order valence-electron chi connectivity index (χ4n) is 7.63. The van der Waals surface area contributed by atoms with Gasteiger partial charge in [0.05, 0.1) is 38.5 Å². The molecule has 0 unspecified atom stereocenters. The number of aryl methyl sites for hydroxylation is 1. The van der Waals surface area contributed by atoms with Crippen LogP contribution in [-0.2, 0) is 9.53 Å². The van der Waals surface area contributed by atoms with Crippen molar-refractivity contribution >= 4 is 17.7 Å². The first kappa shape index (κ1) is 31.7. The summed E-state index contributed by atoms with van der Waals surface area (Å²) in [5, 5.41) is 14.1. The van der Waals surface area contributed by atoms with Crippen LogP contribution in [0.3, 0.4) is 0 Å².